The Morgan fingerprint density at radius 2 is 2.00 bits per heavy atom. The molecule has 98 valence electrons. The maximum Gasteiger partial charge on any atom is 2.00 e. The van der Waals surface area contributed by atoms with E-state index >= 15 is 0 Å². The Bertz CT molecular complexity index is 689. The molecule has 0 saturated heterocycles. The third-order valence-corrected chi connectivity index (χ3v) is 2.97. The minimum Gasteiger partial charge on any atom is -0.299 e. The van der Waals surface area contributed by atoms with E-state index in [4.69, 9.17) is 11.6 Å². The molecule has 0 atom stereocenters. The summed E-state index contributed by atoms with van der Waals surface area (Å²) in [5.74, 6) is 0. The second-order valence-electron chi connectivity index (χ2n) is 3.88. The molecular formula is C13H12ClN2O2W+. The minimum absolute atomic E-state index is 0. The summed E-state index contributed by atoms with van der Waals surface area (Å²) in [5, 5.41) is 0.440. The number of halogens is 1. The number of hydrogen-bond donors (Lipinski definition) is 0. The van der Waals surface area contributed by atoms with Crippen molar-refractivity contribution in [2.24, 2.45) is 0 Å². The van der Waals surface area contributed by atoms with Crippen molar-refractivity contribution in [1.82, 2.24) is 9.13 Å². The van der Waals surface area contributed by atoms with Gasteiger partial charge in [0.2, 0.25) is 5.56 Å². The van der Waals surface area contributed by atoms with Gasteiger partial charge in [0.1, 0.15) is 0 Å². The zero-order valence-corrected chi connectivity index (χ0v) is 14.2. The van der Waals surface area contributed by atoms with Crippen LogP contribution in [0.15, 0.2) is 33.9 Å². The molecule has 0 aliphatic rings. The quantitative estimate of drug-likeness (QED) is 0.659. The monoisotopic (exact) mass is 447 g/mol. The van der Waals surface area contributed by atoms with E-state index in [1.54, 1.807) is 19.1 Å². The van der Waals surface area contributed by atoms with Gasteiger partial charge in [-0.2, -0.15) is 18.2 Å². The van der Waals surface area contributed by atoms with Crippen LogP contribution in [0.25, 0.3) is 5.69 Å². The summed E-state index contributed by atoms with van der Waals surface area (Å²) >= 11 is 5.74. The topological polar surface area (TPSA) is 44.0 Å². The van der Waals surface area contributed by atoms with Crippen molar-refractivity contribution in [3.63, 3.8) is 0 Å². The molecule has 0 aliphatic heterocycles. The van der Waals surface area contributed by atoms with Gasteiger partial charge in [0.15, 0.2) is 0 Å². The molecule has 2 aromatic rings. The number of benzene rings is 1. The fourth-order valence-corrected chi connectivity index (χ4v) is 1.96. The summed E-state index contributed by atoms with van der Waals surface area (Å²) in [4.78, 5) is 24.1. The molecule has 0 fully saturated rings. The average molecular weight is 448 g/mol. The van der Waals surface area contributed by atoms with Crippen LogP contribution < -0.4 is 11.2 Å². The van der Waals surface area contributed by atoms with Gasteiger partial charge in [-0.25, -0.2) is 4.79 Å². The van der Waals surface area contributed by atoms with Crippen LogP contribution in [0, 0.1) is 13.0 Å². The van der Waals surface area contributed by atoms with Crippen LogP contribution in [-0.4, -0.2) is 9.13 Å². The Morgan fingerprint density at radius 3 is 2.53 bits per heavy atom. The summed E-state index contributed by atoms with van der Waals surface area (Å²) in [6.07, 6.45) is 0. The number of aryl methyl sites for hydroxylation is 1. The minimum atomic E-state index is -0.349. The van der Waals surface area contributed by atoms with E-state index in [1.807, 2.05) is 6.92 Å². The van der Waals surface area contributed by atoms with Crippen molar-refractivity contribution >= 4 is 11.6 Å². The normalized spacial score (nSPS) is 10.1. The second kappa shape index (κ2) is 6.35. The van der Waals surface area contributed by atoms with E-state index in [9.17, 15) is 9.59 Å². The molecule has 0 aliphatic carbocycles. The van der Waals surface area contributed by atoms with Gasteiger partial charge < -0.3 is 0 Å². The predicted octanol–water partition coefficient (Wildman–Crippen LogP) is 1.78. The third kappa shape index (κ3) is 3.07. The Hall–Kier alpha value is -1.12. The molecule has 0 spiro atoms. The Morgan fingerprint density at radius 1 is 1.32 bits per heavy atom. The molecule has 0 bridgehead atoms. The van der Waals surface area contributed by atoms with Gasteiger partial charge in [-0.15, -0.1) is 17.7 Å². The maximum atomic E-state index is 12.2. The van der Waals surface area contributed by atoms with E-state index in [0.29, 0.717) is 22.9 Å². The Kier molecular flexibility index (Phi) is 5.33. The van der Waals surface area contributed by atoms with Gasteiger partial charge in [-0.1, -0.05) is 10.7 Å². The van der Waals surface area contributed by atoms with Crippen molar-refractivity contribution in [3.8, 4) is 5.69 Å². The number of hydrogen-bond acceptors (Lipinski definition) is 2. The molecule has 2 rings (SSSR count). The van der Waals surface area contributed by atoms with Crippen LogP contribution in [-0.2, 0) is 27.6 Å². The van der Waals surface area contributed by atoms with Gasteiger partial charge in [-0.05, 0) is 13.8 Å². The molecular weight excluding hydrogens is 435 g/mol. The smallest absolute Gasteiger partial charge is 0.299 e. The van der Waals surface area contributed by atoms with E-state index < -0.39 is 0 Å². The van der Waals surface area contributed by atoms with Crippen molar-refractivity contribution in [2.75, 3.05) is 0 Å². The molecule has 19 heavy (non-hydrogen) atoms. The summed E-state index contributed by atoms with van der Waals surface area (Å²) < 4.78 is 2.65. The number of aromatic nitrogens is 2. The summed E-state index contributed by atoms with van der Waals surface area (Å²) in [6.45, 7) is 4.12. The third-order valence-electron chi connectivity index (χ3n) is 2.73. The van der Waals surface area contributed by atoms with Crippen LogP contribution in [0.3, 0.4) is 0 Å². The van der Waals surface area contributed by atoms with Gasteiger partial charge in [0.25, 0.3) is 0 Å². The summed E-state index contributed by atoms with van der Waals surface area (Å²) in [7, 11) is 0. The molecule has 0 amide bonds. The zero-order chi connectivity index (χ0) is 13.3. The fraction of sp³-hybridized carbons (Fsp3) is 0.231. The Labute approximate surface area is 129 Å². The van der Waals surface area contributed by atoms with Crippen LogP contribution in [0.4, 0.5) is 0 Å². The molecule has 1 aromatic heterocycles. The summed E-state index contributed by atoms with van der Waals surface area (Å²) in [6, 6.07) is 8.95. The first-order valence-electron chi connectivity index (χ1n) is 5.55. The van der Waals surface area contributed by atoms with E-state index in [0.717, 1.165) is 4.57 Å². The SMILES string of the molecule is CCn1c(C)cc(=O)n(-c2c[c-]c(Cl)cc2)c1=O.[W+2]. The molecule has 4 nitrogen and oxygen atoms in total. The molecule has 0 radical (unpaired) electrons. The molecule has 0 N–H and O–H groups in total. The van der Waals surface area contributed by atoms with Gasteiger partial charge in [0.05, 0.1) is 0 Å². The van der Waals surface area contributed by atoms with Crippen molar-refractivity contribution in [1.29, 1.82) is 0 Å². The van der Waals surface area contributed by atoms with Crippen LogP contribution in [0.2, 0.25) is 5.02 Å². The van der Waals surface area contributed by atoms with Gasteiger partial charge in [0, 0.05) is 18.3 Å². The molecule has 1 aromatic carbocycles. The molecule has 6 heteroatoms. The standard InChI is InChI=1S/C13H12ClN2O2.W/c1-3-15-9(2)8-12(17)16(13(15)18)11-6-4-10(14)5-7-11;/h4,6-8H,3H2,1-2H3;/q-1;+2. The fourth-order valence-electron chi connectivity index (χ4n) is 1.85. The first-order valence-corrected chi connectivity index (χ1v) is 5.93. The zero-order valence-electron chi connectivity index (χ0n) is 10.5. The van der Waals surface area contributed by atoms with E-state index in [1.165, 1.54) is 16.7 Å². The average Bonchev–Trinajstić information content (AvgIpc) is 2.31. The first kappa shape index (κ1) is 15.9. The predicted molar refractivity (Wildman–Crippen MR) is 70.6 cm³/mol. The maximum absolute atomic E-state index is 12.2. The molecule has 0 saturated carbocycles. The van der Waals surface area contributed by atoms with E-state index in [2.05, 4.69) is 6.07 Å². The van der Waals surface area contributed by atoms with Crippen molar-refractivity contribution < 1.29 is 21.1 Å². The van der Waals surface area contributed by atoms with Crippen LogP contribution >= 0.6 is 11.6 Å². The Balaban J connectivity index is 0.00000180. The van der Waals surface area contributed by atoms with Crippen LogP contribution in [0.5, 0.6) is 0 Å². The summed E-state index contributed by atoms with van der Waals surface area (Å²) in [5.41, 5.74) is 0.425. The first-order chi connectivity index (χ1) is 8.54. The van der Waals surface area contributed by atoms with Crippen molar-refractivity contribution in [3.05, 3.63) is 61.9 Å². The number of rotatable bonds is 2. The number of nitrogens with zero attached hydrogens (tertiary/aromatic N) is 2. The van der Waals surface area contributed by atoms with Gasteiger partial charge in [-0.3, -0.25) is 13.9 Å². The second-order valence-corrected chi connectivity index (χ2v) is 4.29. The molecule has 1 heterocycles. The van der Waals surface area contributed by atoms with Crippen molar-refractivity contribution in [2.45, 2.75) is 20.4 Å². The largest absolute Gasteiger partial charge is 2.00 e. The van der Waals surface area contributed by atoms with Crippen LogP contribution in [0.1, 0.15) is 12.6 Å². The van der Waals surface area contributed by atoms with Gasteiger partial charge >= 0.3 is 26.8 Å². The molecule has 0 unspecified atom stereocenters. The van der Waals surface area contributed by atoms with E-state index in [-0.39, 0.29) is 32.3 Å².